The van der Waals surface area contributed by atoms with Crippen molar-refractivity contribution in [3.05, 3.63) is 30.6 Å². The molecule has 14 heteroatoms. The van der Waals surface area contributed by atoms with Gasteiger partial charge in [0.1, 0.15) is 0 Å². The fourth-order valence-corrected chi connectivity index (χ4v) is 1.51. The van der Waals surface area contributed by atoms with Crippen molar-refractivity contribution in [2.45, 2.75) is 35.9 Å². The Kier molecular flexibility index (Phi) is 4.79. The average molecular weight is 398 g/mol. The number of halogens is 13. The Labute approximate surface area is 129 Å². The van der Waals surface area contributed by atoms with E-state index in [1.807, 2.05) is 0 Å². The maximum atomic E-state index is 13.5. The lowest BCUT2D eigenvalue weighted by molar-refractivity contribution is -0.849. The minimum absolute atomic E-state index is 0.00989. The van der Waals surface area contributed by atoms with Gasteiger partial charge in [-0.3, -0.25) is 0 Å². The zero-order valence-electron chi connectivity index (χ0n) is 11.2. The molecular formula is C11H5F13N+. The smallest absolute Gasteiger partial charge is 0.192 e. The van der Waals surface area contributed by atoms with E-state index in [-0.39, 0.29) is 12.4 Å². The summed E-state index contributed by atoms with van der Waals surface area (Å²) >= 11 is 0. The molecule has 1 nitrogen and oxygen atoms in total. The third-order valence-corrected chi connectivity index (χ3v) is 2.96. The van der Waals surface area contributed by atoms with Crippen molar-refractivity contribution < 1.29 is 61.6 Å². The molecular weight excluding hydrogens is 393 g/mol. The van der Waals surface area contributed by atoms with Crippen molar-refractivity contribution in [2.75, 3.05) is 0 Å². The van der Waals surface area contributed by atoms with Crippen molar-refractivity contribution in [1.82, 2.24) is 0 Å². The van der Waals surface area contributed by atoms with E-state index in [4.69, 9.17) is 0 Å². The van der Waals surface area contributed by atoms with Crippen LogP contribution in [0.15, 0.2) is 30.6 Å². The van der Waals surface area contributed by atoms with Gasteiger partial charge in [0.05, 0.1) is 0 Å². The summed E-state index contributed by atoms with van der Waals surface area (Å²) in [5, 5.41) is 0. The SMILES string of the molecule is FC(F)(F)C(F)(F)C(F)(F)C(F)(F)C(F)(F)C(F)(F)[n+]1ccccc1. The molecule has 0 aliphatic rings. The second-order valence-electron chi connectivity index (χ2n) is 4.62. The van der Waals surface area contributed by atoms with Gasteiger partial charge in [-0.2, -0.15) is 48.3 Å². The summed E-state index contributed by atoms with van der Waals surface area (Å²) in [6.07, 6.45) is -7.43. The monoisotopic (exact) mass is 398 g/mol. The molecule has 0 aliphatic carbocycles. The summed E-state index contributed by atoms with van der Waals surface area (Å²) in [7, 11) is 0. The van der Waals surface area contributed by atoms with Crippen LogP contribution in [0.3, 0.4) is 0 Å². The van der Waals surface area contributed by atoms with E-state index in [1.54, 1.807) is 0 Å². The molecule has 0 saturated heterocycles. The molecule has 1 rings (SSSR count). The summed E-state index contributed by atoms with van der Waals surface area (Å²) in [4.78, 5) is 0. The van der Waals surface area contributed by atoms with Gasteiger partial charge in [-0.15, -0.1) is 13.3 Å². The molecule has 0 aliphatic heterocycles. The van der Waals surface area contributed by atoms with E-state index >= 15 is 0 Å². The summed E-state index contributed by atoms with van der Waals surface area (Å²) < 4.78 is 166. The van der Waals surface area contributed by atoms with Gasteiger partial charge in [-0.25, -0.2) is 0 Å². The van der Waals surface area contributed by atoms with Gasteiger partial charge >= 0.3 is 35.9 Å². The Morgan fingerprint density at radius 3 is 1.16 bits per heavy atom. The highest BCUT2D eigenvalue weighted by molar-refractivity contribution is 5.07. The van der Waals surface area contributed by atoms with E-state index in [0.29, 0.717) is 12.1 Å². The van der Waals surface area contributed by atoms with Gasteiger partial charge in [0.2, 0.25) is 0 Å². The largest absolute Gasteiger partial charge is 0.534 e. The van der Waals surface area contributed by atoms with Crippen LogP contribution in [0.4, 0.5) is 57.1 Å². The molecule has 0 aromatic carbocycles. The van der Waals surface area contributed by atoms with Crippen LogP contribution in [0.2, 0.25) is 0 Å². The molecule has 1 heterocycles. The van der Waals surface area contributed by atoms with Gasteiger partial charge in [0, 0.05) is 12.1 Å². The van der Waals surface area contributed by atoms with Crippen LogP contribution < -0.4 is 4.57 Å². The van der Waals surface area contributed by atoms with Crippen LogP contribution in [0.1, 0.15) is 0 Å². The number of rotatable bonds is 5. The average Bonchev–Trinajstić information content (AvgIpc) is 2.46. The molecule has 0 radical (unpaired) electrons. The molecule has 25 heavy (non-hydrogen) atoms. The maximum Gasteiger partial charge on any atom is 0.534 e. The molecule has 1 aromatic rings. The first-order chi connectivity index (χ1) is 10.9. The second kappa shape index (κ2) is 5.62. The lowest BCUT2D eigenvalue weighted by Crippen LogP contribution is -2.74. The quantitative estimate of drug-likeness (QED) is 0.503. The highest BCUT2D eigenvalue weighted by Gasteiger charge is 2.93. The number of aromatic nitrogens is 1. The number of hydrogen-bond donors (Lipinski definition) is 0. The van der Waals surface area contributed by atoms with E-state index in [1.165, 1.54) is 0 Å². The van der Waals surface area contributed by atoms with Crippen molar-refractivity contribution in [3.8, 4) is 0 Å². The van der Waals surface area contributed by atoms with Crippen LogP contribution in [0.25, 0.3) is 0 Å². The predicted octanol–water partition coefficient (Wildman–Crippen LogP) is 4.63. The molecule has 144 valence electrons. The number of nitrogens with zero attached hydrogens (tertiary/aromatic N) is 1. The number of alkyl halides is 13. The molecule has 0 bridgehead atoms. The highest BCUT2D eigenvalue weighted by Crippen LogP contribution is 2.60. The maximum absolute atomic E-state index is 13.5. The first-order valence-electron chi connectivity index (χ1n) is 5.78. The molecule has 0 spiro atoms. The molecule has 0 unspecified atom stereocenters. The van der Waals surface area contributed by atoms with E-state index in [9.17, 15) is 57.1 Å². The fraction of sp³-hybridized carbons (Fsp3) is 0.545. The first-order valence-corrected chi connectivity index (χ1v) is 5.78. The van der Waals surface area contributed by atoms with Gasteiger partial charge in [0.15, 0.2) is 12.4 Å². The number of hydrogen-bond acceptors (Lipinski definition) is 0. The minimum Gasteiger partial charge on any atom is -0.192 e. The Hall–Kier alpha value is -1.76. The van der Waals surface area contributed by atoms with Crippen molar-refractivity contribution in [1.29, 1.82) is 0 Å². The molecule has 0 fully saturated rings. The molecule has 1 aromatic heterocycles. The van der Waals surface area contributed by atoms with Gasteiger partial charge in [0.25, 0.3) is 0 Å². The van der Waals surface area contributed by atoms with Crippen molar-refractivity contribution in [3.63, 3.8) is 0 Å². The van der Waals surface area contributed by atoms with Gasteiger partial charge in [-0.1, -0.05) is 6.07 Å². The summed E-state index contributed by atoms with van der Waals surface area (Å²) in [5.41, 5.74) is 0. The molecule has 0 N–H and O–H groups in total. The highest BCUT2D eigenvalue weighted by atomic mass is 19.4. The lowest BCUT2D eigenvalue weighted by Gasteiger charge is -2.37. The predicted molar refractivity (Wildman–Crippen MR) is 52.7 cm³/mol. The third-order valence-electron chi connectivity index (χ3n) is 2.96. The van der Waals surface area contributed by atoms with Crippen molar-refractivity contribution in [2.24, 2.45) is 0 Å². The lowest BCUT2D eigenvalue weighted by atomic mass is 9.96. The Balaban J connectivity index is 3.54. The standard InChI is InChI=1S/C11H5F13N/c12-6(13,8(16,17)10(20,21)22)7(14,15)9(18,19)11(23,24)25-4-2-1-3-5-25/h1-5H/q+1. The zero-order valence-corrected chi connectivity index (χ0v) is 11.2. The topological polar surface area (TPSA) is 3.88 Å². The molecule has 0 atom stereocenters. The van der Waals surface area contributed by atoms with Gasteiger partial charge in [-0.05, 0) is 0 Å². The minimum atomic E-state index is -7.89. The Morgan fingerprint density at radius 2 is 0.800 bits per heavy atom. The zero-order chi connectivity index (χ0) is 20.1. The van der Waals surface area contributed by atoms with E-state index in [0.717, 1.165) is 6.07 Å². The third kappa shape index (κ3) is 2.78. The van der Waals surface area contributed by atoms with Crippen molar-refractivity contribution >= 4 is 0 Å². The van der Waals surface area contributed by atoms with Crippen LogP contribution in [-0.2, 0) is 6.05 Å². The number of pyridine rings is 1. The fourth-order valence-electron chi connectivity index (χ4n) is 1.51. The summed E-state index contributed by atoms with van der Waals surface area (Å²) in [6, 6.07) is -4.24. The van der Waals surface area contributed by atoms with Crippen LogP contribution in [0, 0.1) is 0 Å². The summed E-state index contributed by atoms with van der Waals surface area (Å²) in [6.45, 7) is 0. The van der Waals surface area contributed by atoms with E-state index in [2.05, 4.69) is 0 Å². The van der Waals surface area contributed by atoms with Crippen LogP contribution >= 0.6 is 0 Å². The first kappa shape index (κ1) is 21.3. The van der Waals surface area contributed by atoms with Crippen LogP contribution in [-0.4, -0.2) is 29.9 Å². The molecule has 0 amide bonds. The van der Waals surface area contributed by atoms with Crippen LogP contribution in [0.5, 0.6) is 0 Å². The Bertz CT molecular complexity index is 604. The second-order valence-corrected chi connectivity index (χ2v) is 4.62. The van der Waals surface area contributed by atoms with E-state index < -0.39 is 40.5 Å². The van der Waals surface area contributed by atoms with Gasteiger partial charge < -0.3 is 0 Å². The normalized spacial score (nSPS) is 15.4. The molecule has 0 saturated carbocycles. The Morgan fingerprint density at radius 1 is 0.440 bits per heavy atom. The summed E-state index contributed by atoms with van der Waals surface area (Å²) in [5.74, 6) is -30.7.